The highest BCUT2D eigenvalue weighted by Gasteiger charge is 2.21. The van der Waals surface area contributed by atoms with Gasteiger partial charge in [-0.2, -0.15) is 9.61 Å². The molecule has 1 aliphatic rings. The van der Waals surface area contributed by atoms with Crippen molar-refractivity contribution in [3.63, 3.8) is 0 Å². The predicted octanol–water partition coefficient (Wildman–Crippen LogP) is 4.17. The van der Waals surface area contributed by atoms with Crippen LogP contribution in [0.25, 0.3) is 5.65 Å². The lowest BCUT2D eigenvalue weighted by Gasteiger charge is -2.35. The number of aryl methyl sites for hydroxylation is 1. The molecule has 3 heterocycles. The van der Waals surface area contributed by atoms with E-state index in [1.165, 1.54) is 0 Å². The van der Waals surface area contributed by atoms with E-state index in [1.807, 2.05) is 42.2 Å². The zero-order valence-corrected chi connectivity index (χ0v) is 18.6. The fourth-order valence-corrected chi connectivity index (χ4v) is 4.28. The Bertz CT molecular complexity index is 1310. The average Bonchev–Trinajstić information content (AvgIpc) is 3.29. The molecule has 0 radical (unpaired) electrons. The topological polar surface area (TPSA) is 83.0 Å². The van der Waals surface area contributed by atoms with Gasteiger partial charge >= 0.3 is 0 Å². The molecule has 0 atom stereocenters. The lowest BCUT2D eigenvalue weighted by atomic mass is 10.1. The smallest absolute Gasteiger partial charge is 0.271 e. The quantitative estimate of drug-likeness (QED) is 0.338. The summed E-state index contributed by atoms with van der Waals surface area (Å²) in [6.07, 6.45) is 3.43. The van der Waals surface area contributed by atoms with Crippen LogP contribution in [0.2, 0.25) is 0 Å². The number of hydrogen-bond acceptors (Lipinski definition) is 7. The van der Waals surface area contributed by atoms with E-state index in [9.17, 15) is 10.1 Å². The number of aromatic nitrogens is 3. The van der Waals surface area contributed by atoms with Gasteiger partial charge in [0.05, 0.1) is 16.8 Å². The summed E-state index contributed by atoms with van der Waals surface area (Å²) in [5, 5.41) is 16.1. The van der Waals surface area contributed by atoms with E-state index < -0.39 is 0 Å². The van der Waals surface area contributed by atoms with Crippen molar-refractivity contribution in [2.45, 2.75) is 6.92 Å². The number of non-ortho nitro benzene ring substituents is 1. The lowest BCUT2D eigenvalue weighted by Crippen LogP contribution is -2.44. The number of likely N-dealkylation sites (N-methyl/N-ethyl adjacent to an activating group) is 1. The van der Waals surface area contributed by atoms with Gasteiger partial charge < -0.3 is 9.80 Å². The van der Waals surface area contributed by atoms with E-state index in [0.29, 0.717) is 11.3 Å². The second-order valence-corrected chi connectivity index (χ2v) is 8.33. The zero-order chi connectivity index (χ0) is 22.9. The number of benzene rings is 2. The van der Waals surface area contributed by atoms with Gasteiger partial charge in [-0.15, -0.1) is 0 Å². The summed E-state index contributed by atoms with van der Waals surface area (Å²) >= 11 is 0. The van der Waals surface area contributed by atoms with Crippen LogP contribution in [0.1, 0.15) is 5.56 Å². The van der Waals surface area contributed by atoms with Gasteiger partial charge in [-0.25, -0.2) is 4.98 Å². The Morgan fingerprint density at radius 2 is 1.79 bits per heavy atom. The summed E-state index contributed by atoms with van der Waals surface area (Å²) in [5.41, 5.74) is 4.28. The van der Waals surface area contributed by atoms with Gasteiger partial charge in [0, 0.05) is 61.9 Å². The second kappa shape index (κ2) is 8.51. The Balaban J connectivity index is 1.67. The minimum atomic E-state index is -0.356. The summed E-state index contributed by atoms with van der Waals surface area (Å²) in [4.78, 5) is 22.3. The Kier molecular flexibility index (Phi) is 5.39. The molecule has 5 rings (SSSR count). The molecule has 0 bridgehead atoms. The van der Waals surface area contributed by atoms with Gasteiger partial charge in [-0.1, -0.05) is 6.07 Å². The maximum absolute atomic E-state index is 11.6. The van der Waals surface area contributed by atoms with Crippen molar-refractivity contribution < 1.29 is 4.92 Å². The molecule has 0 amide bonds. The normalized spacial score (nSPS) is 14.5. The minimum Gasteiger partial charge on any atom is -0.369 e. The van der Waals surface area contributed by atoms with Crippen molar-refractivity contribution in [2.24, 2.45) is 0 Å². The van der Waals surface area contributed by atoms with Crippen molar-refractivity contribution in [1.82, 2.24) is 19.5 Å². The predicted molar refractivity (Wildman–Crippen MR) is 129 cm³/mol. The molecule has 0 aliphatic carbocycles. The van der Waals surface area contributed by atoms with Crippen molar-refractivity contribution in [3.05, 3.63) is 82.7 Å². The highest BCUT2D eigenvalue weighted by molar-refractivity contribution is 5.79. The van der Waals surface area contributed by atoms with Crippen LogP contribution < -0.4 is 9.80 Å². The van der Waals surface area contributed by atoms with Crippen molar-refractivity contribution >= 4 is 34.2 Å². The molecule has 0 unspecified atom stereocenters. The molecule has 168 valence electrons. The largest absolute Gasteiger partial charge is 0.369 e. The number of anilines is 4. The molecule has 1 fully saturated rings. The van der Waals surface area contributed by atoms with E-state index in [-0.39, 0.29) is 10.6 Å². The molecule has 4 aromatic rings. The summed E-state index contributed by atoms with van der Waals surface area (Å²) in [6, 6.07) is 17.1. The monoisotopic (exact) mass is 443 g/mol. The number of fused-ring (bicyclic) bond motifs is 1. The molecule has 0 N–H and O–H groups in total. The number of piperazine rings is 1. The van der Waals surface area contributed by atoms with Gasteiger partial charge in [0.15, 0.2) is 5.65 Å². The summed E-state index contributed by atoms with van der Waals surface area (Å²) in [5.74, 6) is 0.750. The van der Waals surface area contributed by atoms with Gasteiger partial charge in [0.25, 0.3) is 5.69 Å². The van der Waals surface area contributed by atoms with Crippen LogP contribution in [-0.4, -0.2) is 57.6 Å². The third-order valence-electron chi connectivity index (χ3n) is 5.97. The molecule has 2 aromatic heterocycles. The molecular weight excluding hydrogens is 418 g/mol. The third-order valence-corrected chi connectivity index (χ3v) is 5.97. The highest BCUT2D eigenvalue weighted by atomic mass is 16.6. The first-order valence-corrected chi connectivity index (χ1v) is 10.9. The zero-order valence-electron chi connectivity index (χ0n) is 18.6. The molecule has 1 aliphatic heterocycles. The number of rotatable bonds is 5. The van der Waals surface area contributed by atoms with E-state index in [0.717, 1.165) is 48.9 Å². The number of nitro benzene ring substituents is 1. The summed E-state index contributed by atoms with van der Waals surface area (Å²) < 4.78 is 1.75. The number of nitro groups is 1. The van der Waals surface area contributed by atoms with Crippen LogP contribution >= 0.6 is 0 Å². The fraction of sp³-hybridized carbons (Fsp3) is 0.250. The summed E-state index contributed by atoms with van der Waals surface area (Å²) in [7, 11) is 2.14. The van der Waals surface area contributed by atoms with Crippen LogP contribution in [-0.2, 0) is 0 Å². The van der Waals surface area contributed by atoms with Gasteiger partial charge in [0.2, 0.25) is 0 Å². The molecule has 9 nitrogen and oxygen atoms in total. The minimum absolute atomic E-state index is 0.0518. The van der Waals surface area contributed by atoms with Crippen molar-refractivity contribution in [1.29, 1.82) is 0 Å². The Labute approximate surface area is 191 Å². The second-order valence-electron chi connectivity index (χ2n) is 8.33. The molecular formula is C24H25N7O2. The molecule has 2 aromatic carbocycles. The van der Waals surface area contributed by atoms with Crippen molar-refractivity contribution in [2.75, 3.05) is 43.0 Å². The Morgan fingerprint density at radius 3 is 2.58 bits per heavy atom. The molecule has 0 spiro atoms. The van der Waals surface area contributed by atoms with Crippen LogP contribution in [0.4, 0.5) is 28.6 Å². The van der Waals surface area contributed by atoms with Crippen molar-refractivity contribution in [3.8, 4) is 0 Å². The van der Waals surface area contributed by atoms with Gasteiger partial charge in [-0.3, -0.25) is 15.0 Å². The van der Waals surface area contributed by atoms with Crippen LogP contribution in [0.3, 0.4) is 0 Å². The first-order valence-electron chi connectivity index (χ1n) is 10.9. The molecule has 9 heteroatoms. The van der Waals surface area contributed by atoms with E-state index in [1.54, 1.807) is 29.0 Å². The SMILES string of the molecule is Cc1cc(N(c2cccc(N3CCN(C)CC3)c2)c2ccnc3ccnn23)cc([N+](=O)[O-])c1. The van der Waals surface area contributed by atoms with E-state index >= 15 is 0 Å². The lowest BCUT2D eigenvalue weighted by molar-refractivity contribution is -0.384. The Morgan fingerprint density at radius 1 is 0.970 bits per heavy atom. The number of nitrogens with zero attached hydrogens (tertiary/aromatic N) is 7. The average molecular weight is 444 g/mol. The Hall–Kier alpha value is -3.98. The molecule has 33 heavy (non-hydrogen) atoms. The van der Waals surface area contributed by atoms with E-state index in [2.05, 4.69) is 39.1 Å². The maximum Gasteiger partial charge on any atom is 0.271 e. The van der Waals surface area contributed by atoms with E-state index in [4.69, 9.17) is 0 Å². The fourth-order valence-electron chi connectivity index (χ4n) is 4.28. The highest BCUT2D eigenvalue weighted by Crippen LogP contribution is 2.38. The number of hydrogen-bond donors (Lipinski definition) is 0. The van der Waals surface area contributed by atoms with Crippen LogP contribution in [0.5, 0.6) is 0 Å². The van der Waals surface area contributed by atoms with Gasteiger partial charge in [0.1, 0.15) is 5.82 Å². The molecule has 0 saturated carbocycles. The first kappa shape index (κ1) is 20.9. The molecule has 1 saturated heterocycles. The van der Waals surface area contributed by atoms with Gasteiger partial charge in [-0.05, 0) is 49.9 Å². The third kappa shape index (κ3) is 4.10. The first-order chi connectivity index (χ1) is 16.0. The van der Waals surface area contributed by atoms with Crippen LogP contribution in [0.15, 0.2) is 67.0 Å². The standard InChI is InChI=1S/C24H25N7O2/c1-18-14-21(17-22(15-18)31(32)33)29(24-7-8-25-23-6-9-26-30(23)24)20-5-3-4-19(16-20)28-12-10-27(2)11-13-28/h3-9,14-17H,10-13H2,1-2H3. The van der Waals surface area contributed by atoms with Crippen LogP contribution in [0, 0.1) is 17.0 Å². The summed E-state index contributed by atoms with van der Waals surface area (Å²) in [6.45, 7) is 5.79. The maximum atomic E-state index is 11.6.